The number of hydrogen-bond acceptors (Lipinski definition) is 19. The molecule has 4 rings (SSSR count). The van der Waals surface area contributed by atoms with Gasteiger partial charge in [0.2, 0.25) is 17.3 Å². The number of carbonyl (C=O) groups excluding carboxylic acids is 3. The molecular weight excluding hydrogens is 731 g/mol. The van der Waals surface area contributed by atoms with Crippen molar-refractivity contribution in [1.29, 1.82) is 0 Å². The van der Waals surface area contributed by atoms with Gasteiger partial charge in [-0.3, -0.25) is 14.5 Å². The number of urea groups is 1. The predicted octanol–water partition coefficient (Wildman–Crippen LogP) is -4.54. The molecule has 3 amide bonds. The van der Waals surface area contributed by atoms with Crippen molar-refractivity contribution in [3.05, 3.63) is 17.1 Å². The molecule has 1 saturated heterocycles. The molecule has 10 N–H and O–H groups in total. The molecule has 3 unspecified atom stereocenters. The van der Waals surface area contributed by atoms with E-state index in [-0.39, 0.29) is 48.5 Å². The smallest absolute Gasteiger partial charge is 0.352 e. The Bertz CT molecular complexity index is 1620. The highest BCUT2D eigenvalue weighted by atomic mass is 32.2. The first-order valence-electron chi connectivity index (χ1n) is 14.2. The molecule has 3 aliphatic rings. The van der Waals surface area contributed by atoms with Gasteiger partial charge < -0.3 is 57.0 Å². The van der Waals surface area contributed by atoms with Crippen LogP contribution < -0.4 is 33.1 Å². The number of carboxylic acid groups (broad SMARTS) is 2. The number of thioether (sulfide) groups is 1. The second kappa shape index (κ2) is 17.1. The molecule has 5 atom stereocenters. The lowest BCUT2D eigenvalue weighted by molar-refractivity contribution is -0.672. The molecule has 1 fully saturated rings. The number of nitrogens with two attached hydrogens (primary N) is 3. The Morgan fingerprint density at radius 3 is 2.50 bits per heavy atom. The fraction of sp³-hybridized carbons (Fsp3) is 0.542. The molecule has 23 nitrogen and oxygen atoms in total. The van der Waals surface area contributed by atoms with Crippen LogP contribution in [0.15, 0.2) is 16.4 Å². The minimum atomic E-state index is -2.88. The number of hydrogen-bond donors (Lipinski definition) is 7. The molecular formula is C24H34N11O12S3-. The third kappa shape index (κ3) is 9.47. The van der Waals surface area contributed by atoms with Crippen LogP contribution in [0.4, 0.5) is 9.93 Å². The number of hydrazine groups is 1. The molecule has 26 heteroatoms. The normalized spacial score (nSPS) is 22.4. The Hall–Kier alpha value is -4.31. The van der Waals surface area contributed by atoms with Crippen molar-refractivity contribution >= 4 is 81.4 Å². The number of nitrogens with zero attached hydrogens (tertiary/aromatic N) is 6. The van der Waals surface area contributed by atoms with Crippen molar-refractivity contribution in [2.24, 2.45) is 22.5 Å². The van der Waals surface area contributed by atoms with E-state index in [1.165, 1.54) is 25.6 Å². The first kappa shape index (κ1) is 40.1. The summed E-state index contributed by atoms with van der Waals surface area (Å²) in [5.74, 6) is -4.81. The number of aliphatic carboxylic acids is 2. The van der Waals surface area contributed by atoms with Crippen molar-refractivity contribution < 1.29 is 62.1 Å². The third-order valence-corrected chi connectivity index (χ3v) is 9.29. The van der Waals surface area contributed by atoms with E-state index in [1.54, 1.807) is 23.0 Å². The summed E-state index contributed by atoms with van der Waals surface area (Å²) in [6.07, 6.45) is 0.626. The highest BCUT2D eigenvalue weighted by molar-refractivity contribution is 8.00. The lowest BCUT2D eigenvalue weighted by Crippen LogP contribution is -2.62. The van der Waals surface area contributed by atoms with E-state index in [4.69, 9.17) is 36.1 Å². The number of β-lactam (4-membered cyclic amide) rings is 1. The monoisotopic (exact) mass is 764 g/mol. The number of carboxylic acids is 2. The van der Waals surface area contributed by atoms with Gasteiger partial charge in [-0.05, 0) is 13.8 Å². The highest BCUT2D eigenvalue weighted by Gasteiger charge is 2.55. The largest absolute Gasteiger partial charge is 0.750 e. The minimum absolute atomic E-state index is 0.0271. The predicted molar refractivity (Wildman–Crippen MR) is 171 cm³/mol. The Kier molecular flexibility index (Phi) is 13.7. The van der Waals surface area contributed by atoms with Gasteiger partial charge in [0, 0.05) is 42.4 Å². The van der Waals surface area contributed by atoms with Gasteiger partial charge in [0.25, 0.3) is 0 Å². The maximum absolute atomic E-state index is 13.4. The highest BCUT2D eigenvalue weighted by Crippen LogP contribution is 2.45. The quantitative estimate of drug-likeness (QED) is 0.0234. The first-order valence-corrected chi connectivity index (χ1v) is 17.0. The summed E-state index contributed by atoms with van der Waals surface area (Å²) < 4.78 is 25.7. The number of Topliss-reactive ketones (excluding diaryl/α,β-unsaturated/α-hetero) is 1. The lowest BCUT2D eigenvalue weighted by atomic mass is 9.89. The number of likely N-dealkylation sites (N-methyl/N-ethyl adjacent to an activating group) is 1. The van der Waals surface area contributed by atoms with Gasteiger partial charge in [-0.15, -0.1) is 16.4 Å². The van der Waals surface area contributed by atoms with Crippen LogP contribution in [0.5, 0.6) is 0 Å². The van der Waals surface area contributed by atoms with Crippen LogP contribution in [0.25, 0.3) is 0 Å². The molecule has 1 aromatic heterocycles. The average Bonchev–Trinajstić information content (AvgIpc) is 3.60. The molecule has 0 radical (unpaired) electrons. The fourth-order valence-corrected chi connectivity index (χ4v) is 6.47. The van der Waals surface area contributed by atoms with Gasteiger partial charge in [0.05, 0.1) is 29.7 Å². The van der Waals surface area contributed by atoms with Crippen molar-refractivity contribution in [3.63, 3.8) is 0 Å². The second-order valence-electron chi connectivity index (χ2n) is 11.0. The number of rotatable bonds is 14. The lowest BCUT2D eigenvalue weighted by Gasteiger charge is -2.49. The number of oxime groups is 1. The molecule has 50 heavy (non-hydrogen) atoms. The second-order valence-corrected chi connectivity index (χ2v) is 13.4. The summed E-state index contributed by atoms with van der Waals surface area (Å²) in [6, 6.07) is -1.05. The zero-order chi connectivity index (χ0) is 37.5. The number of nitrogen functional groups attached to an aromatic ring is 1. The minimum Gasteiger partial charge on any atom is -0.750 e. The van der Waals surface area contributed by atoms with Crippen LogP contribution in [0.2, 0.25) is 0 Å². The third-order valence-electron chi connectivity index (χ3n) is 7.24. The van der Waals surface area contributed by atoms with Gasteiger partial charge in [-0.2, -0.15) is 14.4 Å². The number of fused-ring (bicyclic) bond motifs is 1. The number of nitrogens with one attached hydrogen (secondary N) is 2. The SMILES string of the molecule is CN1C(N)C(NC(=O)NCCN)C=[N+]1CC1=C(C(=O)O)N2C(=O)[C@@H](CC(=O)/C(=N\OC(C)(C)C(=O)O)c3nsc(N)n3)[C@H]2SC1.O=S([O-])O[O-]. The summed E-state index contributed by atoms with van der Waals surface area (Å²) in [7, 11) is 1.68. The first-order chi connectivity index (χ1) is 23.4. The topological polar surface area (TPSA) is 357 Å². The maximum Gasteiger partial charge on any atom is 0.352 e. The van der Waals surface area contributed by atoms with Gasteiger partial charge >= 0.3 is 18.0 Å². The van der Waals surface area contributed by atoms with Gasteiger partial charge in [-0.1, -0.05) is 5.16 Å². The Balaban J connectivity index is 0.00000126. The summed E-state index contributed by atoms with van der Waals surface area (Å²) in [6.45, 7) is 3.08. The van der Waals surface area contributed by atoms with E-state index in [0.29, 0.717) is 5.57 Å². The summed E-state index contributed by atoms with van der Waals surface area (Å²) in [5, 5.41) is 38.0. The Labute approximate surface area is 294 Å². The van der Waals surface area contributed by atoms with E-state index in [9.17, 15) is 34.2 Å². The van der Waals surface area contributed by atoms with Crippen molar-refractivity contribution in [3.8, 4) is 0 Å². The Morgan fingerprint density at radius 1 is 1.30 bits per heavy atom. The molecule has 3 aliphatic heterocycles. The fourth-order valence-electron chi connectivity index (χ4n) is 4.64. The molecule has 0 saturated carbocycles. The summed E-state index contributed by atoms with van der Waals surface area (Å²) in [5.41, 5.74) is 15.3. The van der Waals surface area contributed by atoms with Crippen LogP contribution >= 0.6 is 23.3 Å². The van der Waals surface area contributed by atoms with E-state index in [0.717, 1.165) is 16.4 Å². The number of anilines is 1. The van der Waals surface area contributed by atoms with Crippen molar-refractivity contribution in [2.45, 2.75) is 43.5 Å². The maximum atomic E-state index is 13.4. The summed E-state index contributed by atoms with van der Waals surface area (Å²) >= 11 is -0.806. The standard InChI is InChI=1S/C24H33N11O8S2.H2O4S/c1-24(2,21(40)41)43-31-14(17-30-22(27)45-32-17)13(36)6-11-18(37)35-15(20(38)39)10(9-44-19(11)35)7-34-8-12(16(26)33(34)3)29-23(42)28-5-4-25;1-4-5(2)3/h8,11-12,16,19H,4-7,9,25-26H2,1-3H3,(H5-,27,28,29,30,32,38,39,40,41,42);1H,(H,2,3)/p-1/b31-14+;/t11-,12?,16?,19-;/m1./s1. The number of ketones is 1. The van der Waals surface area contributed by atoms with Crippen molar-refractivity contribution in [1.82, 2.24) is 29.9 Å². The van der Waals surface area contributed by atoms with Crippen LogP contribution in [0.3, 0.4) is 0 Å². The van der Waals surface area contributed by atoms with Crippen molar-refractivity contribution in [2.75, 3.05) is 38.2 Å². The molecule has 4 heterocycles. The molecule has 0 aromatic carbocycles. The number of hydrazone groups is 1. The van der Waals surface area contributed by atoms with E-state index in [2.05, 4.69) is 29.5 Å². The van der Waals surface area contributed by atoms with Crippen LogP contribution in [-0.2, 0) is 39.7 Å². The van der Waals surface area contributed by atoms with E-state index < -0.39 is 75.8 Å². The Morgan fingerprint density at radius 2 is 1.96 bits per heavy atom. The molecule has 0 bridgehead atoms. The van der Waals surface area contributed by atoms with Crippen LogP contribution in [0, 0.1) is 5.92 Å². The number of carbonyl (C=O) groups is 5. The zero-order valence-corrected chi connectivity index (χ0v) is 29.0. The summed E-state index contributed by atoms with van der Waals surface area (Å²) in [4.78, 5) is 72.8. The van der Waals surface area contributed by atoms with Crippen LogP contribution in [-0.4, -0.2) is 140 Å². The van der Waals surface area contributed by atoms with E-state index >= 15 is 0 Å². The zero-order valence-electron chi connectivity index (χ0n) is 26.5. The number of aromatic nitrogens is 2. The number of amides is 3. The van der Waals surface area contributed by atoms with Gasteiger partial charge in [-0.25, -0.2) is 18.6 Å². The van der Waals surface area contributed by atoms with E-state index in [1.807, 2.05) is 0 Å². The van der Waals surface area contributed by atoms with Crippen LogP contribution in [0.1, 0.15) is 26.1 Å². The molecule has 276 valence electrons. The molecule has 0 aliphatic carbocycles. The van der Waals surface area contributed by atoms with Gasteiger partial charge in [0.1, 0.15) is 11.7 Å². The average molecular weight is 765 g/mol. The van der Waals surface area contributed by atoms with Gasteiger partial charge in [0.15, 0.2) is 35.6 Å². The molecule has 1 aromatic rings. The molecule has 0 spiro atoms.